The lowest BCUT2D eigenvalue weighted by atomic mass is 10.1. The molecule has 0 fully saturated rings. The number of nitrogens with one attached hydrogen (secondary N) is 1. The summed E-state index contributed by atoms with van der Waals surface area (Å²) in [6.07, 6.45) is 1.11. The molecule has 8 heteroatoms. The average Bonchev–Trinajstić information content (AvgIpc) is 3.03. The highest BCUT2D eigenvalue weighted by molar-refractivity contribution is 7.88. The van der Waals surface area contributed by atoms with Gasteiger partial charge in [0.25, 0.3) is 0 Å². The van der Waals surface area contributed by atoms with Gasteiger partial charge in [0.2, 0.25) is 10.0 Å². The van der Waals surface area contributed by atoms with Crippen molar-refractivity contribution in [3.05, 3.63) is 48.0 Å². The van der Waals surface area contributed by atoms with Gasteiger partial charge in [0.05, 0.1) is 30.1 Å². The van der Waals surface area contributed by atoms with Gasteiger partial charge >= 0.3 is 0 Å². The van der Waals surface area contributed by atoms with E-state index in [1.807, 2.05) is 49.4 Å². The number of rotatable bonds is 8. The first-order valence-corrected chi connectivity index (χ1v) is 11.0. The molecule has 1 aromatic heterocycles. The van der Waals surface area contributed by atoms with E-state index in [1.54, 1.807) is 7.11 Å². The predicted octanol–water partition coefficient (Wildman–Crippen LogP) is 3.14. The van der Waals surface area contributed by atoms with E-state index < -0.39 is 10.0 Å². The Morgan fingerprint density at radius 3 is 2.41 bits per heavy atom. The number of methoxy groups -OCH3 is 1. The van der Waals surface area contributed by atoms with Crippen molar-refractivity contribution in [2.45, 2.75) is 13.5 Å². The van der Waals surface area contributed by atoms with Crippen LogP contribution in [0, 0.1) is 11.3 Å². The van der Waals surface area contributed by atoms with Crippen LogP contribution in [0.4, 0.5) is 0 Å². The van der Waals surface area contributed by atoms with E-state index in [4.69, 9.17) is 9.47 Å². The molecule has 0 aliphatic carbocycles. The van der Waals surface area contributed by atoms with Gasteiger partial charge in [-0.05, 0) is 48.9 Å². The molecule has 0 atom stereocenters. The Hall–Kier alpha value is -3.02. The molecule has 0 amide bonds. The van der Waals surface area contributed by atoms with E-state index in [0.717, 1.165) is 34.2 Å². The number of fused-ring (bicyclic) bond motifs is 1. The molecule has 0 unspecified atom stereocenters. The molecular formula is C21H23N3O4S. The van der Waals surface area contributed by atoms with E-state index >= 15 is 0 Å². The lowest BCUT2D eigenvalue weighted by molar-refractivity contribution is 0.323. The van der Waals surface area contributed by atoms with E-state index in [0.29, 0.717) is 17.9 Å². The molecule has 152 valence electrons. The van der Waals surface area contributed by atoms with Crippen molar-refractivity contribution >= 4 is 20.9 Å². The Morgan fingerprint density at radius 1 is 1.14 bits per heavy atom. The van der Waals surface area contributed by atoms with E-state index in [2.05, 4.69) is 15.4 Å². The number of hydrogen-bond acceptors (Lipinski definition) is 5. The second-order valence-corrected chi connectivity index (χ2v) is 8.34. The Kier molecular flexibility index (Phi) is 6.11. The smallest absolute Gasteiger partial charge is 0.208 e. The second kappa shape index (κ2) is 8.55. The van der Waals surface area contributed by atoms with Gasteiger partial charge in [-0.3, -0.25) is 0 Å². The SMILES string of the molecule is CCn1c(-c2ccc(OCCNS(C)(=O)=O)cc2)c(C#N)c2ccc(OC)cc21. The quantitative estimate of drug-likeness (QED) is 0.573. The van der Waals surface area contributed by atoms with Gasteiger partial charge in [0, 0.05) is 24.5 Å². The summed E-state index contributed by atoms with van der Waals surface area (Å²) in [6.45, 7) is 3.17. The van der Waals surface area contributed by atoms with Crippen molar-refractivity contribution in [2.24, 2.45) is 0 Å². The largest absolute Gasteiger partial charge is 0.497 e. The molecule has 0 aliphatic rings. The zero-order valence-electron chi connectivity index (χ0n) is 16.6. The standard InChI is InChI=1S/C21H23N3O4S/c1-4-24-20-13-17(27-2)9-10-18(20)19(14-22)21(24)15-5-7-16(8-6-15)28-12-11-23-29(3,25)26/h5-10,13,23H,4,11-12H2,1-3H3. The zero-order chi connectivity index (χ0) is 21.0. The molecule has 3 aromatic rings. The highest BCUT2D eigenvalue weighted by Crippen LogP contribution is 2.35. The van der Waals surface area contributed by atoms with Gasteiger partial charge in [-0.15, -0.1) is 0 Å². The molecule has 0 saturated carbocycles. The van der Waals surface area contributed by atoms with Crippen LogP contribution in [0.2, 0.25) is 0 Å². The predicted molar refractivity (Wildman–Crippen MR) is 113 cm³/mol. The maximum absolute atomic E-state index is 11.1. The first-order chi connectivity index (χ1) is 13.9. The van der Waals surface area contributed by atoms with Crippen molar-refractivity contribution in [3.8, 4) is 28.8 Å². The molecule has 0 aliphatic heterocycles. The second-order valence-electron chi connectivity index (χ2n) is 6.50. The summed E-state index contributed by atoms with van der Waals surface area (Å²) in [7, 11) is -1.61. The summed E-state index contributed by atoms with van der Waals surface area (Å²) in [4.78, 5) is 0. The van der Waals surface area contributed by atoms with Crippen molar-refractivity contribution < 1.29 is 17.9 Å². The van der Waals surface area contributed by atoms with Crippen LogP contribution in [0.25, 0.3) is 22.2 Å². The molecule has 7 nitrogen and oxygen atoms in total. The third-order valence-corrected chi connectivity index (χ3v) is 5.29. The summed E-state index contributed by atoms with van der Waals surface area (Å²) in [5.74, 6) is 1.37. The topological polar surface area (TPSA) is 93.4 Å². The minimum atomic E-state index is -3.23. The Labute approximate surface area is 170 Å². The van der Waals surface area contributed by atoms with Crippen LogP contribution >= 0.6 is 0 Å². The van der Waals surface area contributed by atoms with Crippen LogP contribution in [0.15, 0.2) is 42.5 Å². The van der Waals surface area contributed by atoms with Crippen LogP contribution in [-0.4, -0.2) is 39.5 Å². The third-order valence-electron chi connectivity index (χ3n) is 4.56. The normalized spacial score (nSPS) is 11.4. The minimum absolute atomic E-state index is 0.199. The van der Waals surface area contributed by atoms with Crippen LogP contribution in [0.5, 0.6) is 11.5 Å². The maximum atomic E-state index is 11.1. The van der Waals surface area contributed by atoms with Gasteiger partial charge in [-0.1, -0.05) is 0 Å². The highest BCUT2D eigenvalue weighted by atomic mass is 32.2. The zero-order valence-corrected chi connectivity index (χ0v) is 17.4. The highest BCUT2D eigenvalue weighted by Gasteiger charge is 2.18. The molecule has 0 radical (unpaired) electrons. The molecule has 1 heterocycles. The Bertz CT molecular complexity index is 1160. The monoisotopic (exact) mass is 413 g/mol. The van der Waals surface area contributed by atoms with Crippen molar-refractivity contribution in [1.82, 2.24) is 9.29 Å². The molecule has 3 rings (SSSR count). The summed E-state index contributed by atoms with van der Waals surface area (Å²) in [5.41, 5.74) is 3.32. The summed E-state index contributed by atoms with van der Waals surface area (Å²) >= 11 is 0. The average molecular weight is 413 g/mol. The van der Waals surface area contributed by atoms with Gasteiger partial charge in [0.1, 0.15) is 24.2 Å². The van der Waals surface area contributed by atoms with Crippen molar-refractivity contribution in [3.63, 3.8) is 0 Å². The molecule has 0 bridgehead atoms. The molecular weight excluding hydrogens is 390 g/mol. The van der Waals surface area contributed by atoms with E-state index in [9.17, 15) is 13.7 Å². The summed E-state index contributed by atoms with van der Waals surface area (Å²) < 4.78 is 37.6. The number of nitrogens with zero attached hydrogens (tertiary/aromatic N) is 2. The van der Waals surface area contributed by atoms with E-state index in [1.165, 1.54) is 0 Å². The fourth-order valence-corrected chi connectivity index (χ4v) is 3.76. The molecule has 0 spiro atoms. The van der Waals surface area contributed by atoms with Crippen LogP contribution in [-0.2, 0) is 16.6 Å². The van der Waals surface area contributed by atoms with Gasteiger partial charge in [0.15, 0.2) is 0 Å². The number of ether oxygens (including phenoxy) is 2. The Balaban J connectivity index is 1.91. The summed E-state index contributed by atoms with van der Waals surface area (Å²) in [5, 5.41) is 10.7. The van der Waals surface area contributed by atoms with E-state index in [-0.39, 0.29) is 13.2 Å². The molecule has 2 aromatic carbocycles. The lowest BCUT2D eigenvalue weighted by Gasteiger charge is -2.11. The number of sulfonamides is 1. The molecule has 1 N–H and O–H groups in total. The molecule has 0 saturated heterocycles. The third kappa shape index (κ3) is 4.53. The molecule has 29 heavy (non-hydrogen) atoms. The number of aryl methyl sites for hydroxylation is 1. The lowest BCUT2D eigenvalue weighted by Crippen LogP contribution is -2.26. The first kappa shape index (κ1) is 20.7. The number of nitriles is 1. The Morgan fingerprint density at radius 2 is 1.83 bits per heavy atom. The minimum Gasteiger partial charge on any atom is -0.497 e. The van der Waals surface area contributed by atoms with Crippen LogP contribution in [0.3, 0.4) is 0 Å². The number of benzene rings is 2. The van der Waals surface area contributed by atoms with Crippen molar-refractivity contribution in [1.29, 1.82) is 5.26 Å². The number of hydrogen-bond donors (Lipinski definition) is 1. The van der Waals surface area contributed by atoms with Gasteiger partial charge < -0.3 is 14.0 Å². The fourth-order valence-electron chi connectivity index (χ4n) is 3.30. The first-order valence-electron chi connectivity index (χ1n) is 9.16. The fraction of sp³-hybridized carbons (Fsp3) is 0.286. The van der Waals surface area contributed by atoms with Gasteiger partial charge in [-0.25, -0.2) is 13.1 Å². The van der Waals surface area contributed by atoms with Gasteiger partial charge in [-0.2, -0.15) is 5.26 Å². The summed E-state index contributed by atoms with van der Waals surface area (Å²) in [6, 6.07) is 15.5. The van der Waals surface area contributed by atoms with Crippen molar-refractivity contribution in [2.75, 3.05) is 26.5 Å². The number of aromatic nitrogens is 1. The maximum Gasteiger partial charge on any atom is 0.208 e. The van der Waals surface area contributed by atoms with Crippen LogP contribution < -0.4 is 14.2 Å². The van der Waals surface area contributed by atoms with Crippen LogP contribution in [0.1, 0.15) is 12.5 Å².